The van der Waals surface area contributed by atoms with Gasteiger partial charge in [0.1, 0.15) is 0 Å². The fraction of sp³-hybridized carbons (Fsp3) is 0.875. The molecule has 0 radical (unpaired) electrons. The van der Waals surface area contributed by atoms with Crippen LogP contribution in [0.3, 0.4) is 0 Å². The molecule has 0 aromatic heterocycles. The van der Waals surface area contributed by atoms with Crippen LogP contribution in [0.15, 0.2) is 0 Å². The van der Waals surface area contributed by atoms with Crippen molar-refractivity contribution in [2.75, 3.05) is 5.33 Å². The summed E-state index contributed by atoms with van der Waals surface area (Å²) in [6.45, 7) is 0. The van der Waals surface area contributed by atoms with Gasteiger partial charge in [0, 0.05) is 16.8 Å². The van der Waals surface area contributed by atoms with Gasteiger partial charge >= 0.3 is 0 Å². The summed E-state index contributed by atoms with van der Waals surface area (Å²) in [6.07, 6.45) is 4.50. The zero-order valence-electron chi connectivity index (χ0n) is 6.40. The number of hydrogen-bond acceptors (Lipinski definition) is 1. The van der Waals surface area contributed by atoms with E-state index in [-0.39, 0.29) is 11.4 Å². The van der Waals surface area contributed by atoms with Crippen molar-refractivity contribution in [3.05, 3.63) is 0 Å². The molecular weight excluding hydrogens is 206 g/mol. The molecule has 2 nitrogen and oxygen atoms in total. The first-order chi connectivity index (χ1) is 5.26. The lowest BCUT2D eigenvalue weighted by molar-refractivity contribution is -0.123. The Morgan fingerprint density at radius 3 is 2.55 bits per heavy atom. The highest BCUT2D eigenvalue weighted by Crippen LogP contribution is 2.39. The summed E-state index contributed by atoms with van der Waals surface area (Å²) in [7, 11) is 0. The Labute approximate surface area is 74.9 Å². The number of hydrogen-bond donors (Lipinski definition) is 1. The van der Waals surface area contributed by atoms with Gasteiger partial charge in [-0.2, -0.15) is 0 Å². The molecule has 2 rings (SSSR count). The van der Waals surface area contributed by atoms with Crippen molar-refractivity contribution in [3.63, 3.8) is 0 Å². The fourth-order valence-electron chi connectivity index (χ4n) is 1.15. The Hall–Kier alpha value is -0.0500. The predicted octanol–water partition coefficient (Wildman–Crippen LogP) is 1.44. The van der Waals surface area contributed by atoms with Crippen molar-refractivity contribution in [2.45, 2.75) is 31.2 Å². The van der Waals surface area contributed by atoms with Gasteiger partial charge in [-0.3, -0.25) is 4.79 Å². The van der Waals surface area contributed by atoms with E-state index in [2.05, 4.69) is 21.2 Å². The monoisotopic (exact) mass is 217 g/mol. The van der Waals surface area contributed by atoms with E-state index in [0.29, 0.717) is 5.92 Å². The van der Waals surface area contributed by atoms with Crippen molar-refractivity contribution in [2.24, 2.45) is 5.92 Å². The van der Waals surface area contributed by atoms with Crippen molar-refractivity contribution in [1.82, 2.24) is 5.32 Å². The quantitative estimate of drug-likeness (QED) is 0.713. The van der Waals surface area contributed by atoms with Crippen LogP contribution in [-0.2, 0) is 4.79 Å². The molecule has 0 aliphatic heterocycles. The Bertz CT molecular complexity index is 185. The van der Waals surface area contributed by atoms with Crippen LogP contribution in [-0.4, -0.2) is 16.8 Å². The number of halogens is 1. The lowest BCUT2D eigenvalue weighted by Gasteiger charge is -2.13. The summed E-state index contributed by atoms with van der Waals surface area (Å²) in [6, 6.07) is 0. The highest BCUT2D eigenvalue weighted by Gasteiger charge is 2.45. The largest absolute Gasteiger partial charge is 0.350 e. The molecule has 1 amide bonds. The Morgan fingerprint density at radius 2 is 2.18 bits per heavy atom. The highest BCUT2D eigenvalue weighted by molar-refractivity contribution is 9.09. The molecule has 0 aromatic carbocycles. The van der Waals surface area contributed by atoms with E-state index >= 15 is 0 Å². The first kappa shape index (κ1) is 7.59. The normalized spacial score (nSPS) is 26.3. The maximum Gasteiger partial charge on any atom is 0.223 e. The van der Waals surface area contributed by atoms with Crippen molar-refractivity contribution in [1.29, 1.82) is 0 Å². The predicted molar refractivity (Wildman–Crippen MR) is 46.6 cm³/mol. The number of alkyl halides is 1. The van der Waals surface area contributed by atoms with E-state index < -0.39 is 0 Å². The second kappa shape index (κ2) is 2.47. The number of rotatable bonds is 3. The van der Waals surface area contributed by atoms with Crippen LogP contribution in [0.5, 0.6) is 0 Å². The third-order valence-corrected chi connectivity index (χ3v) is 3.52. The maximum absolute atomic E-state index is 11.3. The molecule has 2 aliphatic rings. The standard InChI is InChI=1S/C8H12BrNO/c9-5-8(3-4-8)10-7(11)6-1-2-6/h6H,1-5H2,(H,10,11). The van der Waals surface area contributed by atoms with Crippen LogP contribution >= 0.6 is 15.9 Å². The molecule has 0 aromatic rings. The average Bonchev–Trinajstić information content (AvgIpc) is 2.85. The van der Waals surface area contributed by atoms with Gasteiger partial charge in [0.15, 0.2) is 0 Å². The molecule has 2 fully saturated rings. The number of nitrogens with one attached hydrogen (secondary N) is 1. The lowest BCUT2D eigenvalue weighted by atomic mass is 10.3. The van der Waals surface area contributed by atoms with E-state index in [1.54, 1.807) is 0 Å². The van der Waals surface area contributed by atoms with Crippen LogP contribution in [0.4, 0.5) is 0 Å². The zero-order chi connectivity index (χ0) is 7.90. The second-order valence-corrected chi connectivity index (χ2v) is 4.24. The molecule has 62 valence electrons. The molecule has 0 bridgehead atoms. The summed E-state index contributed by atoms with van der Waals surface area (Å²) in [5.41, 5.74) is 0.152. The summed E-state index contributed by atoms with van der Waals surface area (Å²) >= 11 is 3.42. The van der Waals surface area contributed by atoms with Crippen LogP contribution in [0, 0.1) is 5.92 Å². The van der Waals surface area contributed by atoms with Crippen molar-refractivity contribution >= 4 is 21.8 Å². The molecule has 11 heavy (non-hydrogen) atoms. The molecular formula is C8H12BrNO. The van der Waals surface area contributed by atoms with Gasteiger partial charge in [0.2, 0.25) is 5.91 Å². The Morgan fingerprint density at radius 1 is 1.55 bits per heavy atom. The Kier molecular flexibility index (Phi) is 1.71. The van der Waals surface area contributed by atoms with Gasteiger partial charge in [-0.05, 0) is 25.7 Å². The van der Waals surface area contributed by atoms with E-state index in [4.69, 9.17) is 0 Å². The molecule has 0 saturated heterocycles. The first-order valence-electron chi connectivity index (χ1n) is 4.14. The van der Waals surface area contributed by atoms with E-state index in [9.17, 15) is 4.79 Å². The van der Waals surface area contributed by atoms with Gasteiger partial charge in [-0.25, -0.2) is 0 Å². The van der Waals surface area contributed by atoms with Crippen LogP contribution in [0.25, 0.3) is 0 Å². The summed E-state index contributed by atoms with van der Waals surface area (Å²) < 4.78 is 0. The zero-order valence-corrected chi connectivity index (χ0v) is 7.99. The minimum Gasteiger partial charge on any atom is -0.350 e. The van der Waals surface area contributed by atoms with Gasteiger partial charge in [0.05, 0.1) is 0 Å². The molecule has 0 spiro atoms. The Balaban J connectivity index is 1.84. The number of amides is 1. The van der Waals surface area contributed by atoms with E-state index in [1.165, 1.54) is 0 Å². The molecule has 1 N–H and O–H groups in total. The van der Waals surface area contributed by atoms with E-state index in [0.717, 1.165) is 31.0 Å². The average molecular weight is 218 g/mol. The topological polar surface area (TPSA) is 29.1 Å². The number of carbonyl (C=O) groups excluding carboxylic acids is 1. The minimum absolute atomic E-state index is 0.152. The van der Waals surface area contributed by atoms with Crippen LogP contribution in [0.1, 0.15) is 25.7 Å². The number of carbonyl (C=O) groups is 1. The fourth-order valence-corrected chi connectivity index (χ4v) is 1.85. The molecule has 3 heteroatoms. The summed E-state index contributed by atoms with van der Waals surface area (Å²) in [5.74, 6) is 0.633. The van der Waals surface area contributed by atoms with Crippen molar-refractivity contribution in [3.8, 4) is 0 Å². The molecule has 0 unspecified atom stereocenters. The van der Waals surface area contributed by atoms with E-state index in [1.807, 2.05) is 0 Å². The maximum atomic E-state index is 11.3. The first-order valence-corrected chi connectivity index (χ1v) is 5.26. The third-order valence-electron chi connectivity index (χ3n) is 2.45. The lowest BCUT2D eigenvalue weighted by Crippen LogP contribution is -2.38. The smallest absolute Gasteiger partial charge is 0.223 e. The summed E-state index contributed by atoms with van der Waals surface area (Å²) in [5, 5.41) is 4.01. The second-order valence-electron chi connectivity index (χ2n) is 3.68. The third kappa shape index (κ3) is 1.58. The highest BCUT2D eigenvalue weighted by atomic mass is 79.9. The molecule has 0 atom stereocenters. The van der Waals surface area contributed by atoms with Crippen LogP contribution in [0.2, 0.25) is 0 Å². The van der Waals surface area contributed by atoms with Crippen LogP contribution < -0.4 is 5.32 Å². The summed E-state index contributed by atoms with van der Waals surface area (Å²) in [4.78, 5) is 11.3. The van der Waals surface area contributed by atoms with Gasteiger partial charge < -0.3 is 5.32 Å². The molecule has 2 saturated carbocycles. The molecule has 0 heterocycles. The van der Waals surface area contributed by atoms with Crippen molar-refractivity contribution < 1.29 is 4.79 Å². The van der Waals surface area contributed by atoms with Gasteiger partial charge in [-0.1, -0.05) is 15.9 Å². The minimum atomic E-state index is 0.152. The SMILES string of the molecule is O=C(NC1(CBr)CC1)C1CC1. The van der Waals surface area contributed by atoms with Gasteiger partial charge in [0.25, 0.3) is 0 Å². The van der Waals surface area contributed by atoms with Gasteiger partial charge in [-0.15, -0.1) is 0 Å². The molecule has 2 aliphatic carbocycles.